The van der Waals surface area contributed by atoms with Crippen molar-refractivity contribution in [2.24, 2.45) is 0 Å². The van der Waals surface area contributed by atoms with Crippen LogP contribution in [0.2, 0.25) is 0 Å². The topological polar surface area (TPSA) is 67.2 Å². The van der Waals surface area contributed by atoms with Crippen LogP contribution in [0.5, 0.6) is 0 Å². The third kappa shape index (κ3) is 4.72. The number of nitrogens with zero attached hydrogens (tertiary/aromatic N) is 3. The van der Waals surface area contributed by atoms with Crippen molar-refractivity contribution >= 4 is 17.5 Å². The molecule has 0 unspecified atom stereocenters. The highest BCUT2D eigenvalue weighted by atomic mass is 19.1. The molecule has 0 spiro atoms. The number of fused-ring (bicyclic) bond motifs is 1. The summed E-state index contributed by atoms with van der Waals surface area (Å²) >= 11 is 0. The monoisotopic (exact) mass is 434 g/mol. The molecule has 4 rings (SSSR count). The zero-order valence-corrected chi connectivity index (χ0v) is 18.4. The molecular weight excluding hydrogens is 407 g/mol. The Labute approximate surface area is 187 Å². The zero-order valence-electron chi connectivity index (χ0n) is 18.4. The highest BCUT2D eigenvalue weighted by Crippen LogP contribution is 2.27. The first-order valence-corrected chi connectivity index (χ1v) is 10.9. The normalized spacial score (nSPS) is 13.0. The van der Waals surface area contributed by atoms with E-state index in [2.05, 4.69) is 9.88 Å². The molecule has 3 aromatic rings. The summed E-state index contributed by atoms with van der Waals surface area (Å²) in [5, 5.41) is 2.82. The molecule has 1 aromatic heterocycles. The van der Waals surface area contributed by atoms with Crippen LogP contribution in [0.4, 0.5) is 10.1 Å². The first-order valence-electron chi connectivity index (χ1n) is 10.9. The minimum atomic E-state index is -0.287. The molecule has 2 aromatic carbocycles. The molecule has 7 heteroatoms. The summed E-state index contributed by atoms with van der Waals surface area (Å²) in [6.07, 6.45) is 1.49. The SMILES string of the molecule is CCC(=O)Nc1ccc(CCC(=O)N2CCn3c(nc(-c4cccc(F)c4)c3C)C2)cc1. The maximum absolute atomic E-state index is 13.6. The largest absolute Gasteiger partial charge is 0.333 e. The van der Waals surface area contributed by atoms with Crippen LogP contribution in [0, 0.1) is 12.7 Å². The number of hydrogen-bond acceptors (Lipinski definition) is 3. The number of aryl methyl sites for hydroxylation is 1. The van der Waals surface area contributed by atoms with Crippen LogP contribution in [-0.4, -0.2) is 32.8 Å². The van der Waals surface area contributed by atoms with Crippen molar-refractivity contribution in [2.75, 3.05) is 11.9 Å². The van der Waals surface area contributed by atoms with Crippen molar-refractivity contribution in [3.63, 3.8) is 0 Å². The molecule has 1 aliphatic heterocycles. The van der Waals surface area contributed by atoms with E-state index in [4.69, 9.17) is 4.98 Å². The lowest BCUT2D eigenvalue weighted by Crippen LogP contribution is -2.38. The van der Waals surface area contributed by atoms with Gasteiger partial charge in [-0.1, -0.05) is 31.2 Å². The third-order valence-corrected chi connectivity index (χ3v) is 5.86. The van der Waals surface area contributed by atoms with Gasteiger partial charge in [0.15, 0.2) is 0 Å². The zero-order chi connectivity index (χ0) is 22.7. The van der Waals surface area contributed by atoms with Crippen molar-refractivity contribution < 1.29 is 14.0 Å². The van der Waals surface area contributed by atoms with Crippen molar-refractivity contribution in [3.05, 3.63) is 71.4 Å². The minimum Gasteiger partial charge on any atom is -0.333 e. The van der Waals surface area contributed by atoms with Gasteiger partial charge in [0.2, 0.25) is 11.8 Å². The maximum atomic E-state index is 13.6. The average Bonchev–Trinajstić information content (AvgIpc) is 3.14. The van der Waals surface area contributed by atoms with Gasteiger partial charge in [-0.2, -0.15) is 0 Å². The van der Waals surface area contributed by atoms with Gasteiger partial charge in [-0.05, 0) is 43.2 Å². The first kappa shape index (κ1) is 21.7. The number of rotatable bonds is 6. The molecule has 0 radical (unpaired) electrons. The predicted molar refractivity (Wildman–Crippen MR) is 121 cm³/mol. The second-order valence-electron chi connectivity index (χ2n) is 8.04. The van der Waals surface area contributed by atoms with E-state index in [1.807, 2.05) is 49.1 Å². The summed E-state index contributed by atoms with van der Waals surface area (Å²) in [5.74, 6) is 0.614. The summed E-state index contributed by atoms with van der Waals surface area (Å²) in [6, 6.07) is 14.1. The lowest BCUT2D eigenvalue weighted by atomic mass is 10.1. The summed E-state index contributed by atoms with van der Waals surface area (Å²) in [6.45, 7) is 5.57. The Morgan fingerprint density at radius 1 is 1.12 bits per heavy atom. The molecule has 0 saturated heterocycles. The van der Waals surface area contributed by atoms with E-state index in [0.29, 0.717) is 38.9 Å². The molecule has 32 heavy (non-hydrogen) atoms. The Kier molecular flexibility index (Phi) is 6.35. The van der Waals surface area contributed by atoms with E-state index >= 15 is 0 Å². The number of anilines is 1. The van der Waals surface area contributed by atoms with Gasteiger partial charge in [0, 0.05) is 42.9 Å². The van der Waals surface area contributed by atoms with Crippen LogP contribution in [0.25, 0.3) is 11.3 Å². The van der Waals surface area contributed by atoms with Crippen LogP contribution < -0.4 is 5.32 Å². The van der Waals surface area contributed by atoms with E-state index < -0.39 is 0 Å². The molecule has 0 atom stereocenters. The molecule has 0 fully saturated rings. The molecule has 2 amide bonds. The fraction of sp³-hybridized carbons (Fsp3) is 0.320. The van der Waals surface area contributed by atoms with Crippen LogP contribution in [-0.2, 0) is 29.1 Å². The Hall–Kier alpha value is -3.48. The summed E-state index contributed by atoms with van der Waals surface area (Å²) < 4.78 is 15.8. The van der Waals surface area contributed by atoms with Crippen LogP contribution in [0.1, 0.15) is 36.8 Å². The second-order valence-corrected chi connectivity index (χ2v) is 8.04. The Bertz CT molecular complexity index is 1140. The molecule has 0 bridgehead atoms. The molecule has 6 nitrogen and oxygen atoms in total. The number of nitrogens with one attached hydrogen (secondary N) is 1. The predicted octanol–water partition coefficient (Wildman–Crippen LogP) is 4.32. The van der Waals surface area contributed by atoms with E-state index in [-0.39, 0.29) is 17.6 Å². The lowest BCUT2D eigenvalue weighted by molar-refractivity contribution is -0.132. The molecule has 0 saturated carbocycles. The number of hydrogen-bond donors (Lipinski definition) is 1. The molecule has 1 N–H and O–H groups in total. The number of carbonyl (C=O) groups is 2. The summed E-state index contributed by atoms with van der Waals surface area (Å²) in [5.41, 5.74) is 4.33. The number of aromatic nitrogens is 2. The molecule has 0 aliphatic carbocycles. The van der Waals surface area contributed by atoms with Crippen LogP contribution in [0.15, 0.2) is 48.5 Å². The van der Waals surface area contributed by atoms with E-state index in [1.165, 1.54) is 12.1 Å². The highest BCUT2D eigenvalue weighted by Gasteiger charge is 2.25. The number of carbonyl (C=O) groups excluding carboxylic acids is 2. The van der Waals surface area contributed by atoms with E-state index in [1.54, 1.807) is 6.07 Å². The minimum absolute atomic E-state index is 0.0211. The molecular formula is C25H27FN4O2. The Morgan fingerprint density at radius 3 is 2.62 bits per heavy atom. The van der Waals surface area contributed by atoms with Gasteiger partial charge in [-0.3, -0.25) is 9.59 Å². The maximum Gasteiger partial charge on any atom is 0.224 e. The van der Waals surface area contributed by atoms with Crippen LogP contribution in [0.3, 0.4) is 0 Å². The number of benzene rings is 2. The molecule has 166 valence electrons. The van der Waals surface area contributed by atoms with Gasteiger partial charge in [-0.15, -0.1) is 0 Å². The standard InChI is InChI=1S/C25H27FN4O2/c1-3-23(31)27-21-10-7-18(8-11-21)9-12-24(32)29-13-14-30-17(2)25(28-22(30)16-29)19-5-4-6-20(26)15-19/h4-8,10-11,15H,3,9,12-14,16H2,1-2H3,(H,27,31). The Balaban J connectivity index is 1.38. The van der Waals surface area contributed by atoms with Gasteiger partial charge in [-0.25, -0.2) is 9.37 Å². The van der Waals surface area contributed by atoms with Crippen molar-refractivity contribution in [1.82, 2.24) is 14.5 Å². The van der Waals surface area contributed by atoms with Crippen molar-refractivity contribution in [1.29, 1.82) is 0 Å². The Morgan fingerprint density at radius 2 is 1.91 bits per heavy atom. The number of imidazole rings is 1. The van der Waals surface area contributed by atoms with Gasteiger partial charge >= 0.3 is 0 Å². The number of halogens is 1. The van der Waals surface area contributed by atoms with Crippen molar-refractivity contribution in [2.45, 2.75) is 46.2 Å². The molecule has 1 aliphatic rings. The average molecular weight is 435 g/mol. The van der Waals surface area contributed by atoms with E-state index in [9.17, 15) is 14.0 Å². The molecule has 2 heterocycles. The van der Waals surface area contributed by atoms with E-state index in [0.717, 1.165) is 34.0 Å². The summed E-state index contributed by atoms with van der Waals surface area (Å²) in [7, 11) is 0. The highest BCUT2D eigenvalue weighted by molar-refractivity contribution is 5.90. The number of amides is 2. The second kappa shape index (κ2) is 9.34. The van der Waals surface area contributed by atoms with Gasteiger partial charge in [0.1, 0.15) is 11.6 Å². The lowest BCUT2D eigenvalue weighted by Gasteiger charge is -2.28. The van der Waals surface area contributed by atoms with Crippen LogP contribution >= 0.6 is 0 Å². The fourth-order valence-electron chi connectivity index (χ4n) is 4.02. The van der Waals surface area contributed by atoms with Gasteiger partial charge < -0.3 is 14.8 Å². The summed E-state index contributed by atoms with van der Waals surface area (Å²) in [4.78, 5) is 30.9. The first-order chi connectivity index (χ1) is 15.4. The third-order valence-electron chi connectivity index (χ3n) is 5.86. The smallest absolute Gasteiger partial charge is 0.224 e. The van der Waals surface area contributed by atoms with Gasteiger partial charge in [0.05, 0.1) is 12.2 Å². The fourth-order valence-corrected chi connectivity index (χ4v) is 4.02. The quantitative estimate of drug-likeness (QED) is 0.628. The van der Waals surface area contributed by atoms with Gasteiger partial charge in [0.25, 0.3) is 0 Å². The van der Waals surface area contributed by atoms with Crippen molar-refractivity contribution in [3.8, 4) is 11.3 Å².